The molecular formula is C11H7BrClFOS. The molecule has 0 N–H and O–H groups in total. The molecule has 0 aliphatic carbocycles. The molecule has 84 valence electrons. The Balaban J connectivity index is 2.10. The van der Waals surface area contributed by atoms with E-state index < -0.39 is 5.82 Å². The number of hydrogen-bond donors (Lipinski definition) is 0. The number of hydrogen-bond acceptors (Lipinski definition) is 2. The average Bonchev–Trinajstić information content (AvgIpc) is 2.63. The average molecular weight is 322 g/mol. The Morgan fingerprint density at radius 3 is 2.88 bits per heavy atom. The second-order valence-corrected chi connectivity index (χ2v) is 5.39. The number of halogens is 3. The Bertz CT molecular complexity index is 480. The van der Waals surface area contributed by atoms with Crippen molar-refractivity contribution in [2.75, 3.05) is 0 Å². The van der Waals surface area contributed by atoms with Gasteiger partial charge in [0, 0.05) is 14.7 Å². The van der Waals surface area contributed by atoms with Gasteiger partial charge in [0.2, 0.25) is 0 Å². The highest BCUT2D eigenvalue weighted by atomic mass is 79.9. The van der Waals surface area contributed by atoms with Gasteiger partial charge < -0.3 is 4.74 Å². The lowest BCUT2D eigenvalue weighted by atomic mass is 10.3. The van der Waals surface area contributed by atoms with Crippen LogP contribution in [0.4, 0.5) is 4.39 Å². The second-order valence-electron chi connectivity index (χ2n) is 3.07. The zero-order valence-electron chi connectivity index (χ0n) is 8.04. The Hall–Kier alpha value is -0.580. The maximum Gasteiger partial charge on any atom is 0.174 e. The normalized spacial score (nSPS) is 10.4. The van der Waals surface area contributed by atoms with E-state index in [1.165, 1.54) is 6.07 Å². The lowest BCUT2D eigenvalue weighted by Gasteiger charge is -2.07. The first-order chi connectivity index (χ1) is 7.66. The molecule has 2 rings (SSSR count). The van der Waals surface area contributed by atoms with Crippen molar-refractivity contribution in [3.8, 4) is 5.75 Å². The zero-order valence-corrected chi connectivity index (χ0v) is 11.2. The van der Waals surface area contributed by atoms with Crippen molar-refractivity contribution in [1.29, 1.82) is 0 Å². The summed E-state index contributed by atoms with van der Waals surface area (Å²) in [5.74, 6) is -0.336. The maximum absolute atomic E-state index is 13.3. The number of thiophene rings is 1. The van der Waals surface area contributed by atoms with Gasteiger partial charge >= 0.3 is 0 Å². The first-order valence-corrected chi connectivity index (χ1v) is 6.51. The van der Waals surface area contributed by atoms with Crippen LogP contribution in [0.15, 0.2) is 34.1 Å². The molecule has 0 saturated heterocycles. The van der Waals surface area contributed by atoms with Crippen molar-refractivity contribution in [2.45, 2.75) is 6.61 Å². The molecule has 5 heteroatoms. The van der Waals surface area contributed by atoms with E-state index in [0.717, 1.165) is 9.35 Å². The molecule has 0 radical (unpaired) electrons. The highest BCUT2D eigenvalue weighted by molar-refractivity contribution is 9.10. The molecule has 0 unspecified atom stereocenters. The molecule has 0 fully saturated rings. The van der Waals surface area contributed by atoms with Crippen LogP contribution in [0.2, 0.25) is 5.02 Å². The number of para-hydroxylation sites is 1. The summed E-state index contributed by atoms with van der Waals surface area (Å²) >= 11 is 10.7. The lowest BCUT2D eigenvalue weighted by Crippen LogP contribution is -1.96. The van der Waals surface area contributed by atoms with Gasteiger partial charge in [-0.3, -0.25) is 0 Å². The van der Waals surface area contributed by atoms with Gasteiger partial charge in [0.1, 0.15) is 6.61 Å². The fourth-order valence-electron chi connectivity index (χ4n) is 1.19. The van der Waals surface area contributed by atoms with E-state index in [1.54, 1.807) is 23.5 Å². The molecule has 1 aromatic carbocycles. The number of rotatable bonds is 3. The Morgan fingerprint density at radius 1 is 1.44 bits per heavy atom. The van der Waals surface area contributed by atoms with Gasteiger partial charge in [-0.05, 0) is 34.1 Å². The van der Waals surface area contributed by atoms with Crippen LogP contribution < -0.4 is 4.74 Å². The van der Waals surface area contributed by atoms with Crippen LogP contribution in [0.3, 0.4) is 0 Å². The Labute approximate surface area is 110 Å². The van der Waals surface area contributed by atoms with E-state index in [1.807, 2.05) is 11.4 Å². The fourth-order valence-corrected chi connectivity index (χ4v) is 2.77. The van der Waals surface area contributed by atoms with Crippen molar-refractivity contribution in [3.05, 3.63) is 49.8 Å². The molecule has 0 aliphatic rings. The monoisotopic (exact) mass is 320 g/mol. The smallest absolute Gasteiger partial charge is 0.174 e. The van der Waals surface area contributed by atoms with Gasteiger partial charge in [-0.2, -0.15) is 0 Å². The molecule has 1 nitrogen and oxygen atoms in total. The molecule has 2 aromatic rings. The van der Waals surface area contributed by atoms with Crippen molar-refractivity contribution in [3.63, 3.8) is 0 Å². The molecular weight excluding hydrogens is 315 g/mol. The second kappa shape index (κ2) is 5.17. The van der Waals surface area contributed by atoms with Crippen LogP contribution in [0.25, 0.3) is 0 Å². The predicted molar refractivity (Wildman–Crippen MR) is 67.8 cm³/mol. The third-order valence-electron chi connectivity index (χ3n) is 1.90. The molecule has 0 amide bonds. The van der Waals surface area contributed by atoms with Crippen molar-refractivity contribution in [2.24, 2.45) is 0 Å². The Kier molecular flexibility index (Phi) is 3.84. The minimum Gasteiger partial charge on any atom is -0.483 e. The highest BCUT2D eigenvalue weighted by Crippen LogP contribution is 2.29. The van der Waals surface area contributed by atoms with E-state index in [9.17, 15) is 4.39 Å². The van der Waals surface area contributed by atoms with Gasteiger partial charge in [-0.25, -0.2) is 4.39 Å². The molecule has 0 saturated carbocycles. The van der Waals surface area contributed by atoms with Gasteiger partial charge in [-0.15, -0.1) is 11.3 Å². The first kappa shape index (κ1) is 11.9. The van der Waals surface area contributed by atoms with E-state index in [2.05, 4.69) is 15.9 Å². The topological polar surface area (TPSA) is 9.23 Å². The molecule has 0 spiro atoms. The summed E-state index contributed by atoms with van der Waals surface area (Å²) in [6.07, 6.45) is 0. The van der Waals surface area contributed by atoms with Gasteiger partial charge in [0.05, 0.1) is 5.02 Å². The van der Waals surface area contributed by atoms with E-state index in [4.69, 9.17) is 16.3 Å². The summed E-state index contributed by atoms with van der Waals surface area (Å²) in [6.45, 7) is 0.316. The minimum atomic E-state index is -0.442. The molecule has 1 aromatic heterocycles. The molecule has 0 atom stereocenters. The summed E-state index contributed by atoms with van der Waals surface area (Å²) in [5, 5.41) is 2.23. The van der Waals surface area contributed by atoms with E-state index in [-0.39, 0.29) is 10.8 Å². The Morgan fingerprint density at radius 2 is 2.25 bits per heavy atom. The summed E-state index contributed by atoms with van der Waals surface area (Å²) in [7, 11) is 0. The minimum absolute atomic E-state index is 0.105. The summed E-state index contributed by atoms with van der Waals surface area (Å²) in [5.41, 5.74) is 0. The largest absolute Gasteiger partial charge is 0.483 e. The summed E-state index contributed by atoms with van der Waals surface area (Å²) in [6, 6.07) is 6.40. The van der Waals surface area contributed by atoms with Crippen molar-refractivity contribution in [1.82, 2.24) is 0 Å². The summed E-state index contributed by atoms with van der Waals surface area (Å²) < 4.78 is 19.7. The lowest BCUT2D eigenvalue weighted by molar-refractivity contribution is 0.294. The maximum atomic E-state index is 13.3. The van der Waals surface area contributed by atoms with Crippen LogP contribution in [0.1, 0.15) is 4.88 Å². The van der Waals surface area contributed by atoms with Gasteiger partial charge in [0.25, 0.3) is 0 Å². The third-order valence-corrected chi connectivity index (χ3v) is 3.87. The number of benzene rings is 1. The number of ether oxygens (including phenoxy) is 1. The van der Waals surface area contributed by atoms with Gasteiger partial charge in [-0.1, -0.05) is 17.7 Å². The van der Waals surface area contributed by atoms with Crippen LogP contribution in [-0.2, 0) is 6.61 Å². The van der Waals surface area contributed by atoms with Crippen LogP contribution in [-0.4, -0.2) is 0 Å². The van der Waals surface area contributed by atoms with E-state index >= 15 is 0 Å². The van der Waals surface area contributed by atoms with Crippen LogP contribution in [0.5, 0.6) is 5.75 Å². The first-order valence-electron chi connectivity index (χ1n) is 4.46. The highest BCUT2D eigenvalue weighted by Gasteiger charge is 2.08. The van der Waals surface area contributed by atoms with Crippen LogP contribution >= 0.6 is 38.9 Å². The van der Waals surface area contributed by atoms with Crippen LogP contribution in [0, 0.1) is 5.82 Å². The SMILES string of the molecule is Fc1cccc(Cl)c1OCc1cc(Br)cs1. The molecule has 0 bridgehead atoms. The zero-order chi connectivity index (χ0) is 11.5. The van der Waals surface area contributed by atoms with Crippen molar-refractivity contribution >= 4 is 38.9 Å². The predicted octanol–water partition coefficient (Wildman–Crippen LogP) is 4.88. The van der Waals surface area contributed by atoms with Gasteiger partial charge in [0.15, 0.2) is 11.6 Å². The molecule has 1 heterocycles. The molecule has 0 aliphatic heterocycles. The van der Waals surface area contributed by atoms with Crippen molar-refractivity contribution < 1.29 is 9.13 Å². The summed E-state index contributed by atoms with van der Waals surface area (Å²) in [4.78, 5) is 1.01. The van der Waals surface area contributed by atoms with E-state index in [0.29, 0.717) is 6.61 Å². The quantitative estimate of drug-likeness (QED) is 0.782. The fraction of sp³-hybridized carbons (Fsp3) is 0.0909. The third kappa shape index (κ3) is 2.75. The standard InChI is InChI=1S/C11H7BrClFOS/c12-7-4-8(16-6-7)5-15-11-9(13)2-1-3-10(11)14/h1-4,6H,5H2. The molecule has 16 heavy (non-hydrogen) atoms.